The van der Waals surface area contributed by atoms with E-state index in [2.05, 4.69) is 0 Å². The van der Waals surface area contributed by atoms with Gasteiger partial charge in [-0.2, -0.15) is 0 Å². The van der Waals surface area contributed by atoms with E-state index >= 15 is 0 Å². The number of ketones is 1. The van der Waals surface area contributed by atoms with Gasteiger partial charge in [-0.25, -0.2) is 0 Å². The van der Waals surface area contributed by atoms with E-state index < -0.39 is 18.3 Å². The Morgan fingerprint density at radius 3 is 3.00 bits per heavy atom. The Kier molecular flexibility index (Phi) is 2.33. The molecule has 2 heterocycles. The van der Waals surface area contributed by atoms with Gasteiger partial charge in [0.15, 0.2) is 5.78 Å². The lowest BCUT2D eigenvalue weighted by molar-refractivity contribution is -0.136. The number of hydrogen-bond donors (Lipinski definition) is 1. The first-order valence-electron chi connectivity index (χ1n) is 4.21. The summed E-state index contributed by atoms with van der Waals surface area (Å²) >= 11 is 0. The van der Waals surface area contributed by atoms with Crippen molar-refractivity contribution in [1.29, 1.82) is 0 Å². The molecule has 5 nitrogen and oxygen atoms in total. The molecule has 2 fully saturated rings. The Labute approximate surface area is 75.6 Å². The molecule has 0 aromatic carbocycles. The number of carbonyl (C=O) groups is 1. The lowest BCUT2D eigenvalue weighted by atomic mass is 9.94. The van der Waals surface area contributed by atoms with Crippen LogP contribution >= 0.6 is 0 Å². The van der Waals surface area contributed by atoms with Crippen LogP contribution in [0.1, 0.15) is 6.42 Å². The summed E-state index contributed by atoms with van der Waals surface area (Å²) in [7, 11) is 1.51. The normalized spacial score (nSPS) is 43.1. The summed E-state index contributed by atoms with van der Waals surface area (Å²) < 4.78 is 15.1. The minimum absolute atomic E-state index is 0.0326. The molecule has 0 amide bonds. The fraction of sp³-hybridized carbons (Fsp3) is 0.875. The average Bonchev–Trinajstić information content (AvgIpc) is 2.59. The van der Waals surface area contributed by atoms with Crippen molar-refractivity contribution in [3.8, 4) is 0 Å². The molecule has 2 saturated heterocycles. The van der Waals surface area contributed by atoms with Gasteiger partial charge in [0, 0.05) is 13.5 Å². The molecule has 0 aromatic heterocycles. The molecule has 0 spiro atoms. The lowest BCUT2D eigenvalue weighted by Crippen LogP contribution is -2.43. The molecule has 0 radical (unpaired) electrons. The van der Waals surface area contributed by atoms with Crippen molar-refractivity contribution in [1.82, 2.24) is 0 Å². The number of aliphatic hydroxyl groups excluding tert-OH is 1. The Morgan fingerprint density at radius 1 is 1.69 bits per heavy atom. The van der Waals surface area contributed by atoms with Crippen molar-refractivity contribution >= 4 is 5.78 Å². The van der Waals surface area contributed by atoms with Crippen LogP contribution in [0.3, 0.4) is 0 Å². The zero-order chi connectivity index (χ0) is 9.42. The van der Waals surface area contributed by atoms with Gasteiger partial charge in [0.2, 0.25) is 0 Å². The minimum atomic E-state index is -0.832. The van der Waals surface area contributed by atoms with Crippen LogP contribution in [0.25, 0.3) is 0 Å². The Bertz CT molecular complexity index is 215. The van der Waals surface area contributed by atoms with Gasteiger partial charge in [-0.3, -0.25) is 4.79 Å². The number of Topliss-reactive ketones (excluding diaryl/α,β-unsaturated/α-hetero) is 1. The number of carbonyl (C=O) groups excluding carboxylic acids is 1. The first-order valence-corrected chi connectivity index (χ1v) is 4.21. The van der Waals surface area contributed by atoms with Gasteiger partial charge in [0.05, 0.1) is 6.10 Å². The van der Waals surface area contributed by atoms with Gasteiger partial charge >= 0.3 is 0 Å². The first kappa shape index (κ1) is 9.08. The molecule has 0 aliphatic carbocycles. The summed E-state index contributed by atoms with van der Waals surface area (Å²) in [4.78, 5) is 11.1. The highest BCUT2D eigenvalue weighted by molar-refractivity contribution is 5.87. The topological polar surface area (TPSA) is 65.0 Å². The first-order chi connectivity index (χ1) is 6.24. The van der Waals surface area contributed by atoms with E-state index in [9.17, 15) is 9.90 Å². The predicted molar refractivity (Wildman–Crippen MR) is 41.0 cm³/mol. The molecule has 0 saturated carbocycles. The van der Waals surface area contributed by atoms with E-state index in [1.165, 1.54) is 7.11 Å². The molecule has 2 aliphatic heterocycles. The second-order valence-corrected chi connectivity index (χ2v) is 3.29. The van der Waals surface area contributed by atoms with Crippen LogP contribution < -0.4 is 0 Å². The van der Waals surface area contributed by atoms with Gasteiger partial charge in [-0.15, -0.1) is 0 Å². The number of rotatable bonds is 3. The molecule has 13 heavy (non-hydrogen) atoms. The molecule has 2 bridgehead atoms. The smallest absolute Gasteiger partial charge is 0.167 e. The van der Waals surface area contributed by atoms with Crippen molar-refractivity contribution in [2.24, 2.45) is 0 Å². The predicted octanol–water partition coefficient (Wildman–Crippen LogP) is -0.923. The second kappa shape index (κ2) is 3.34. The van der Waals surface area contributed by atoms with E-state index in [1.54, 1.807) is 0 Å². The van der Waals surface area contributed by atoms with Crippen molar-refractivity contribution < 1.29 is 24.1 Å². The highest BCUT2D eigenvalue weighted by Crippen LogP contribution is 2.34. The highest BCUT2D eigenvalue weighted by atomic mass is 16.7. The zero-order valence-electron chi connectivity index (χ0n) is 7.30. The summed E-state index contributed by atoms with van der Waals surface area (Å²) in [6, 6.07) is 0. The maximum absolute atomic E-state index is 11.1. The summed E-state index contributed by atoms with van der Waals surface area (Å²) in [5, 5.41) is 9.55. The lowest BCUT2D eigenvalue weighted by Gasteiger charge is -2.22. The van der Waals surface area contributed by atoms with Crippen LogP contribution in [-0.2, 0) is 19.0 Å². The standard InChI is InChI=1S/C8H12O5/c1-11-3-12-8-5-2-4(9)7(13-5)6(8)10/h5-8,10H,2-3H2,1H3/t5-,6-,7+,8-/m1/s1. The summed E-state index contributed by atoms with van der Waals surface area (Å²) in [6.07, 6.45) is -1.87. The van der Waals surface area contributed by atoms with Gasteiger partial charge in [0.1, 0.15) is 25.1 Å². The maximum atomic E-state index is 11.1. The van der Waals surface area contributed by atoms with E-state index in [-0.39, 0.29) is 18.7 Å². The molecule has 4 atom stereocenters. The molecular weight excluding hydrogens is 176 g/mol. The molecule has 0 aromatic rings. The Hall–Kier alpha value is -0.490. The van der Waals surface area contributed by atoms with Crippen molar-refractivity contribution in [2.45, 2.75) is 30.8 Å². The molecule has 74 valence electrons. The third kappa shape index (κ3) is 1.38. The molecule has 5 heteroatoms. The zero-order valence-corrected chi connectivity index (χ0v) is 7.30. The molecule has 2 rings (SSSR count). The number of hydrogen-bond acceptors (Lipinski definition) is 5. The van der Waals surface area contributed by atoms with Gasteiger partial charge in [0.25, 0.3) is 0 Å². The maximum Gasteiger partial charge on any atom is 0.167 e. The van der Waals surface area contributed by atoms with Gasteiger partial charge in [-0.05, 0) is 0 Å². The molecule has 1 N–H and O–H groups in total. The summed E-state index contributed by atoms with van der Waals surface area (Å²) in [5.41, 5.74) is 0. The van der Waals surface area contributed by atoms with Crippen molar-refractivity contribution in [3.63, 3.8) is 0 Å². The minimum Gasteiger partial charge on any atom is -0.387 e. The van der Waals surface area contributed by atoms with Crippen LogP contribution in [0.2, 0.25) is 0 Å². The third-order valence-corrected chi connectivity index (χ3v) is 2.43. The van der Waals surface area contributed by atoms with Crippen LogP contribution in [0.4, 0.5) is 0 Å². The third-order valence-electron chi connectivity index (χ3n) is 2.43. The van der Waals surface area contributed by atoms with Crippen LogP contribution in [0.5, 0.6) is 0 Å². The quantitative estimate of drug-likeness (QED) is 0.580. The number of fused-ring (bicyclic) bond motifs is 2. The monoisotopic (exact) mass is 188 g/mol. The fourth-order valence-electron chi connectivity index (χ4n) is 1.84. The van der Waals surface area contributed by atoms with E-state index in [1.807, 2.05) is 0 Å². The summed E-state index contributed by atoms with van der Waals surface area (Å²) in [6.45, 7) is 0.114. The molecule has 2 aliphatic rings. The number of methoxy groups -OCH3 is 1. The Morgan fingerprint density at radius 2 is 2.46 bits per heavy atom. The summed E-state index contributed by atoms with van der Waals surface area (Å²) in [5.74, 6) is -0.0326. The van der Waals surface area contributed by atoms with E-state index in [0.29, 0.717) is 6.42 Å². The van der Waals surface area contributed by atoms with Gasteiger partial charge < -0.3 is 19.3 Å². The number of ether oxygens (including phenoxy) is 3. The Balaban J connectivity index is 1.97. The second-order valence-electron chi connectivity index (χ2n) is 3.29. The van der Waals surface area contributed by atoms with Crippen molar-refractivity contribution in [3.05, 3.63) is 0 Å². The van der Waals surface area contributed by atoms with Crippen LogP contribution in [0, 0.1) is 0 Å². The van der Waals surface area contributed by atoms with E-state index in [0.717, 1.165) is 0 Å². The largest absolute Gasteiger partial charge is 0.387 e. The average molecular weight is 188 g/mol. The van der Waals surface area contributed by atoms with E-state index in [4.69, 9.17) is 14.2 Å². The highest BCUT2D eigenvalue weighted by Gasteiger charge is 2.54. The SMILES string of the molecule is COCO[C@H]1[C@H](O)[C@H]2O[C@@H]1CC2=O. The van der Waals surface area contributed by atoms with Gasteiger partial charge in [-0.1, -0.05) is 0 Å². The number of aliphatic hydroxyl groups is 1. The molecular formula is C8H12O5. The van der Waals surface area contributed by atoms with Crippen LogP contribution in [-0.4, -0.2) is 49.2 Å². The van der Waals surface area contributed by atoms with Crippen LogP contribution in [0.15, 0.2) is 0 Å². The van der Waals surface area contributed by atoms with Crippen molar-refractivity contribution in [2.75, 3.05) is 13.9 Å². The fourth-order valence-corrected chi connectivity index (χ4v) is 1.84. The molecule has 0 unspecified atom stereocenters.